The highest BCUT2D eigenvalue weighted by Gasteiger charge is 2.36. The molecular formula is C22H29N3O2. The predicted octanol–water partition coefficient (Wildman–Crippen LogP) is 2.89. The van der Waals surface area contributed by atoms with Crippen LogP contribution in [0.4, 0.5) is 0 Å². The van der Waals surface area contributed by atoms with E-state index in [0.29, 0.717) is 6.54 Å². The average Bonchev–Trinajstić information content (AvgIpc) is 2.65. The lowest BCUT2D eigenvalue weighted by atomic mass is 9.75. The zero-order valence-corrected chi connectivity index (χ0v) is 16.0. The molecule has 5 heteroatoms. The van der Waals surface area contributed by atoms with Crippen molar-refractivity contribution in [2.45, 2.75) is 44.8 Å². The molecule has 0 radical (unpaired) electrons. The number of carbonyl (C=O) groups excluding carboxylic acids is 1. The number of hydrogen-bond donors (Lipinski definition) is 2. The van der Waals surface area contributed by atoms with Crippen LogP contribution in [0.5, 0.6) is 0 Å². The normalized spacial score (nSPS) is 25.1. The number of nitrogens with one attached hydrogen (secondary N) is 1. The SMILES string of the molecule is CC1CCN(CC(=O)NC(c2cnc3ccccc3c2)C2CC(O)C2)CC1. The number of piperidine rings is 1. The molecule has 0 spiro atoms. The van der Waals surface area contributed by atoms with Crippen LogP contribution in [0.2, 0.25) is 0 Å². The highest BCUT2D eigenvalue weighted by atomic mass is 16.3. The minimum absolute atomic E-state index is 0.0732. The van der Waals surface area contributed by atoms with Crippen molar-refractivity contribution in [2.75, 3.05) is 19.6 Å². The number of rotatable bonds is 5. The van der Waals surface area contributed by atoms with Gasteiger partial charge in [0.1, 0.15) is 0 Å². The maximum Gasteiger partial charge on any atom is 0.234 e. The summed E-state index contributed by atoms with van der Waals surface area (Å²) in [6, 6.07) is 10.1. The Kier molecular flexibility index (Phi) is 5.41. The first kappa shape index (κ1) is 18.4. The van der Waals surface area contributed by atoms with Crippen LogP contribution in [0.1, 0.15) is 44.2 Å². The maximum atomic E-state index is 12.7. The van der Waals surface area contributed by atoms with Crippen molar-refractivity contribution in [2.24, 2.45) is 11.8 Å². The van der Waals surface area contributed by atoms with E-state index in [1.807, 2.05) is 24.4 Å². The Balaban J connectivity index is 1.47. The maximum absolute atomic E-state index is 12.7. The van der Waals surface area contributed by atoms with E-state index in [1.165, 1.54) is 12.8 Å². The molecule has 1 saturated carbocycles. The van der Waals surface area contributed by atoms with Gasteiger partial charge in [-0.05, 0) is 68.3 Å². The number of carbonyl (C=O) groups is 1. The van der Waals surface area contributed by atoms with Crippen LogP contribution >= 0.6 is 0 Å². The Morgan fingerprint density at radius 2 is 2.04 bits per heavy atom. The summed E-state index contributed by atoms with van der Waals surface area (Å²) in [5.74, 6) is 1.11. The number of fused-ring (bicyclic) bond motifs is 1. The molecule has 144 valence electrons. The molecule has 2 aromatic rings. The first-order valence-electron chi connectivity index (χ1n) is 10.1. The van der Waals surface area contributed by atoms with Crippen molar-refractivity contribution in [3.63, 3.8) is 0 Å². The van der Waals surface area contributed by atoms with Gasteiger partial charge in [0.15, 0.2) is 0 Å². The lowest BCUT2D eigenvalue weighted by molar-refractivity contribution is -0.124. The van der Waals surface area contributed by atoms with E-state index in [4.69, 9.17) is 0 Å². The number of likely N-dealkylation sites (tertiary alicyclic amines) is 1. The number of benzene rings is 1. The van der Waals surface area contributed by atoms with E-state index in [9.17, 15) is 9.90 Å². The molecule has 1 aliphatic carbocycles. The molecule has 1 aromatic carbocycles. The fraction of sp³-hybridized carbons (Fsp3) is 0.545. The molecule has 2 aliphatic rings. The summed E-state index contributed by atoms with van der Waals surface area (Å²) in [5, 5.41) is 14.1. The summed E-state index contributed by atoms with van der Waals surface area (Å²) in [7, 11) is 0. The first-order valence-corrected chi connectivity index (χ1v) is 10.1. The van der Waals surface area contributed by atoms with Crippen LogP contribution in [-0.2, 0) is 4.79 Å². The molecule has 5 nitrogen and oxygen atoms in total. The van der Waals surface area contributed by atoms with Gasteiger partial charge in [-0.25, -0.2) is 0 Å². The minimum Gasteiger partial charge on any atom is -0.393 e. The van der Waals surface area contributed by atoms with Crippen molar-refractivity contribution in [1.82, 2.24) is 15.2 Å². The van der Waals surface area contributed by atoms with E-state index in [2.05, 4.69) is 34.3 Å². The van der Waals surface area contributed by atoms with Crippen LogP contribution in [0.15, 0.2) is 36.5 Å². The molecule has 0 bridgehead atoms. The summed E-state index contributed by atoms with van der Waals surface area (Å²) in [6.45, 7) is 4.74. The lowest BCUT2D eigenvalue weighted by Crippen LogP contribution is -2.46. The Morgan fingerprint density at radius 3 is 2.78 bits per heavy atom. The third-order valence-electron chi connectivity index (χ3n) is 6.15. The van der Waals surface area contributed by atoms with Crippen molar-refractivity contribution < 1.29 is 9.90 Å². The summed E-state index contributed by atoms with van der Waals surface area (Å²) in [4.78, 5) is 19.6. The number of aromatic nitrogens is 1. The number of aliphatic hydroxyl groups is 1. The van der Waals surface area contributed by atoms with Gasteiger partial charge in [0.25, 0.3) is 0 Å². The monoisotopic (exact) mass is 367 g/mol. The van der Waals surface area contributed by atoms with Crippen LogP contribution in [-0.4, -0.2) is 46.6 Å². The van der Waals surface area contributed by atoms with Gasteiger partial charge in [0.05, 0.1) is 24.2 Å². The molecule has 1 unspecified atom stereocenters. The van der Waals surface area contributed by atoms with Gasteiger partial charge in [0.2, 0.25) is 5.91 Å². The summed E-state index contributed by atoms with van der Waals surface area (Å²) < 4.78 is 0. The second-order valence-electron chi connectivity index (χ2n) is 8.35. The van der Waals surface area contributed by atoms with Gasteiger partial charge < -0.3 is 10.4 Å². The highest BCUT2D eigenvalue weighted by molar-refractivity contribution is 5.80. The third kappa shape index (κ3) is 4.30. The second-order valence-corrected chi connectivity index (χ2v) is 8.35. The molecule has 1 atom stereocenters. The van der Waals surface area contributed by atoms with Crippen molar-refractivity contribution >= 4 is 16.8 Å². The molecule has 2 N–H and O–H groups in total. The van der Waals surface area contributed by atoms with Gasteiger partial charge in [-0.15, -0.1) is 0 Å². The van der Waals surface area contributed by atoms with Gasteiger partial charge in [-0.2, -0.15) is 0 Å². The fourth-order valence-electron chi connectivity index (χ4n) is 4.28. The van der Waals surface area contributed by atoms with E-state index in [0.717, 1.165) is 48.3 Å². The summed E-state index contributed by atoms with van der Waals surface area (Å²) >= 11 is 0. The highest BCUT2D eigenvalue weighted by Crippen LogP contribution is 2.38. The van der Waals surface area contributed by atoms with Gasteiger partial charge in [-0.3, -0.25) is 14.7 Å². The smallest absolute Gasteiger partial charge is 0.234 e. The summed E-state index contributed by atoms with van der Waals surface area (Å²) in [6.07, 6.45) is 5.44. The van der Waals surface area contributed by atoms with Gasteiger partial charge >= 0.3 is 0 Å². The lowest BCUT2D eigenvalue weighted by Gasteiger charge is -2.38. The van der Waals surface area contributed by atoms with Crippen molar-refractivity contribution in [1.29, 1.82) is 0 Å². The van der Waals surface area contributed by atoms with Crippen LogP contribution in [0.25, 0.3) is 10.9 Å². The number of amides is 1. The summed E-state index contributed by atoms with van der Waals surface area (Å²) in [5.41, 5.74) is 1.99. The zero-order chi connectivity index (χ0) is 18.8. The van der Waals surface area contributed by atoms with Gasteiger partial charge in [-0.1, -0.05) is 25.1 Å². The van der Waals surface area contributed by atoms with E-state index in [-0.39, 0.29) is 24.0 Å². The number of pyridine rings is 1. The molecule has 4 rings (SSSR count). The van der Waals surface area contributed by atoms with Crippen LogP contribution in [0.3, 0.4) is 0 Å². The minimum atomic E-state index is -0.244. The van der Waals surface area contributed by atoms with Crippen molar-refractivity contribution in [3.8, 4) is 0 Å². The number of nitrogens with zero attached hydrogens (tertiary/aromatic N) is 2. The first-order chi connectivity index (χ1) is 13.1. The topological polar surface area (TPSA) is 65.5 Å². The molecule has 1 saturated heterocycles. The Morgan fingerprint density at radius 1 is 1.30 bits per heavy atom. The standard InChI is InChI=1S/C22H29N3O2/c1-15-6-8-25(9-7-15)14-21(27)24-22(17-11-19(26)12-17)18-10-16-4-2-3-5-20(16)23-13-18/h2-5,10,13,15,17,19,22,26H,6-9,11-12,14H2,1H3,(H,24,27). The average molecular weight is 367 g/mol. The van der Waals surface area contributed by atoms with E-state index in [1.54, 1.807) is 0 Å². The quantitative estimate of drug-likeness (QED) is 0.853. The Bertz CT molecular complexity index is 795. The molecule has 1 aliphatic heterocycles. The number of hydrogen-bond acceptors (Lipinski definition) is 4. The third-order valence-corrected chi connectivity index (χ3v) is 6.15. The molecule has 2 heterocycles. The fourth-order valence-corrected chi connectivity index (χ4v) is 4.28. The predicted molar refractivity (Wildman–Crippen MR) is 106 cm³/mol. The Hall–Kier alpha value is -1.98. The number of aliphatic hydroxyl groups excluding tert-OH is 1. The van der Waals surface area contributed by atoms with Gasteiger partial charge in [0, 0.05) is 11.6 Å². The molecule has 1 aromatic heterocycles. The number of para-hydroxylation sites is 1. The van der Waals surface area contributed by atoms with E-state index >= 15 is 0 Å². The second kappa shape index (κ2) is 7.95. The molecule has 1 amide bonds. The van der Waals surface area contributed by atoms with Crippen molar-refractivity contribution in [3.05, 3.63) is 42.1 Å². The van der Waals surface area contributed by atoms with Crippen LogP contribution in [0, 0.1) is 11.8 Å². The van der Waals surface area contributed by atoms with E-state index < -0.39 is 0 Å². The Labute approximate surface area is 160 Å². The largest absolute Gasteiger partial charge is 0.393 e. The van der Waals surface area contributed by atoms with Crippen LogP contribution < -0.4 is 5.32 Å². The molecule has 27 heavy (non-hydrogen) atoms. The zero-order valence-electron chi connectivity index (χ0n) is 16.0. The molecular weight excluding hydrogens is 338 g/mol. The molecule has 2 fully saturated rings.